The van der Waals surface area contributed by atoms with E-state index in [1.54, 1.807) is 6.20 Å². The zero-order chi connectivity index (χ0) is 13.7. The number of aryl methyl sites for hydroxylation is 1. The molecule has 19 heavy (non-hydrogen) atoms. The van der Waals surface area contributed by atoms with E-state index in [0.29, 0.717) is 17.8 Å². The fraction of sp³-hybridized carbons (Fsp3) is 0.400. The highest BCUT2D eigenvalue weighted by molar-refractivity contribution is 5.27. The van der Waals surface area contributed by atoms with Gasteiger partial charge in [0.05, 0.1) is 0 Å². The molecule has 2 aromatic heterocycles. The minimum atomic E-state index is 0.401. The molecule has 0 aliphatic carbocycles. The van der Waals surface area contributed by atoms with Gasteiger partial charge in [-0.15, -0.1) is 0 Å². The van der Waals surface area contributed by atoms with E-state index in [1.165, 1.54) is 5.56 Å². The summed E-state index contributed by atoms with van der Waals surface area (Å²) in [6.07, 6.45) is 7.38. The first-order chi connectivity index (χ1) is 9.16. The molecule has 4 heteroatoms. The summed E-state index contributed by atoms with van der Waals surface area (Å²) in [5.74, 6) is 1.61. The Morgan fingerprint density at radius 2 is 1.89 bits per heavy atom. The van der Waals surface area contributed by atoms with E-state index in [-0.39, 0.29) is 0 Å². The first-order valence-corrected chi connectivity index (χ1v) is 6.59. The van der Waals surface area contributed by atoms with E-state index in [4.69, 9.17) is 0 Å². The second kappa shape index (κ2) is 6.27. The molecule has 0 aliphatic heterocycles. The van der Waals surface area contributed by atoms with Crippen LogP contribution < -0.4 is 5.32 Å². The Bertz CT molecular complexity index is 493. The summed E-state index contributed by atoms with van der Waals surface area (Å²) in [6, 6.07) is 4.10. The van der Waals surface area contributed by atoms with Crippen LogP contribution in [0.3, 0.4) is 0 Å². The van der Waals surface area contributed by atoms with Crippen LogP contribution in [0.25, 0.3) is 0 Å². The third kappa shape index (κ3) is 3.74. The predicted molar refractivity (Wildman–Crippen MR) is 77.1 cm³/mol. The second-order valence-electron chi connectivity index (χ2n) is 5.10. The zero-order valence-electron chi connectivity index (χ0n) is 11.7. The largest absolute Gasteiger partial charge is 0.354 e. The Labute approximate surface area is 114 Å². The van der Waals surface area contributed by atoms with Gasteiger partial charge in [0.1, 0.15) is 0 Å². The molecule has 1 unspecified atom stereocenters. The highest BCUT2D eigenvalue weighted by Gasteiger charge is 2.16. The molecular weight excluding hydrogens is 236 g/mol. The van der Waals surface area contributed by atoms with Crippen molar-refractivity contribution < 1.29 is 0 Å². The van der Waals surface area contributed by atoms with Crippen molar-refractivity contribution in [3.63, 3.8) is 0 Å². The van der Waals surface area contributed by atoms with Crippen molar-refractivity contribution in [3.8, 4) is 0 Å². The first kappa shape index (κ1) is 13.5. The molecule has 0 aromatic carbocycles. The molecule has 0 amide bonds. The predicted octanol–water partition coefficient (Wildman–Crippen LogP) is 3.03. The van der Waals surface area contributed by atoms with Crippen LogP contribution in [0.4, 0.5) is 5.95 Å². The van der Waals surface area contributed by atoms with Gasteiger partial charge in [-0.3, -0.25) is 4.98 Å². The Morgan fingerprint density at radius 1 is 1.16 bits per heavy atom. The van der Waals surface area contributed by atoms with Gasteiger partial charge >= 0.3 is 0 Å². The first-order valence-electron chi connectivity index (χ1n) is 6.59. The molecular formula is C15H20N4. The van der Waals surface area contributed by atoms with E-state index >= 15 is 0 Å². The minimum absolute atomic E-state index is 0.401. The normalized spacial score (nSPS) is 12.4. The van der Waals surface area contributed by atoms with Gasteiger partial charge in [0.25, 0.3) is 0 Å². The monoisotopic (exact) mass is 256 g/mol. The summed E-state index contributed by atoms with van der Waals surface area (Å²) in [4.78, 5) is 12.7. The summed E-state index contributed by atoms with van der Waals surface area (Å²) < 4.78 is 0. The van der Waals surface area contributed by atoms with Crippen LogP contribution in [0.15, 0.2) is 36.9 Å². The Morgan fingerprint density at radius 3 is 2.47 bits per heavy atom. The summed E-state index contributed by atoms with van der Waals surface area (Å²) in [7, 11) is 0. The van der Waals surface area contributed by atoms with E-state index in [9.17, 15) is 0 Å². The maximum absolute atomic E-state index is 4.27. The van der Waals surface area contributed by atoms with Crippen LogP contribution in [0.2, 0.25) is 0 Å². The highest BCUT2D eigenvalue weighted by Crippen LogP contribution is 2.23. The fourth-order valence-electron chi connectivity index (χ4n) is 2.02. The lowest BCUT2D eigenvalue weighted by Gasteiger charge is -2.21. The smallest absolute Gasteiger partial charge is 0.222 e. The van der Waals surface area contributed by atoms with Gasteiger partial charge in [0.15, 0.2) is 0 Å². The van der Waals surface area contributed by atoms with Crippen LogP contribution in [-0.2, 0) is 0 Å². The third-order valence-corrected chi connectivity index (χ3v) is 3.18. The summed E-state index contributed by atoms with van der Waals surface area (Å²) >= 11 is 0. The summed E-state index contributed by atoms with van der Waals surface area (Å²) in [6.45, 7) is 7.23. The molecule has 0 spiro atoms. The maximum Gasteiger partial charge on any atom is 0.222 e. The quantitative estimate of drug-likeness (QED) is 0.893. The van der Waals surface area contributed by atoms with Crippen molar-refractivity contribution in [1.29, 1.82) is 0 Å². The Kier molecular flexibility index (Phi) is 4.44. The van der Waals surface area contributed by atoms with Crippen molar-refractivity contribution in [2.24, 2.45) is 5.92 Å². The molecule has 0 saturated carbocycles. The lowest BCUT2D eigenvalue weighted by molar-refractivity contribution is 0.514. The minimum Gasteiger partial charge on any atom is -0.354 e. The molecule has 0 bridgehead atoms. The molecule has 0 fully saturated rings. The standard InChI is InChI=1S/C15H20N4/c1-11(2)14(13-5-4-6-16-9-13)10-19-15-17-7-12(3)8-18-15/h4-9,11,14H,10H2,1-3H3,(H,17,18,19). The lowest BCUT2D eigenvalue weighted by Crippen LogP contribution is -2.19. The molecule has 1 atom stereocenters. The molecule has 2 heterocycles. The highest BCUT2D eigenvalue weighted by atomic mass is 15.1. The van der Waals surface area contributed by atoms with Gasteiger partial charge < -0.3 is 5.32 Å². The summed E-state index contributed by atoms with van der Waals surface area (Å²) in [5, 5.41) is 3.30. The van der Waals surface area contributed by atoms with Gasteiger partial charge in [0, 0.05) is 37.3 Å². The van der Waals surface area contributed by atoms with Crippen molar-refractivity contribution in [3.05, 3.63) is 48.0 Å². The van der Waals surface area contributed by atoms with Crippen molar-refractivity contribution in [1.82, 2.24) is 15.0 Å². The SMILES string of the molecule is Cc1cnc(NCC(c2cccnc2)C(C)C)nc1. The van der Waals surface area contributed by atoms with E-state index in [0.717, 1.165) is 12.1 Å². The van der Waals surface area contributed by atoms with Crippen LogP contribution in [0.5, 0.6) is 0 Å². The van der Waals surface area contributed by atoms with Crippen LogP contribution >= 0.6 is 0 Å². The molecule has 0 saturated heterocycles. The Hall–Kier alpha value is -1.97. The topological polar surface area (TPSA) is 50.7 Å². The number of hydrogen-bond donors (Lipinski definition) is 1. The fourth-order valence-corrected chi connectivity index (χ4v) is 2.02. The third-order valence-electron chi connectivity index (χ3n) is 3.18. The van der Waals surface area contributed by atoms with Gasteiger partial charge in [0.2, 0.25) is 5.95 Å². The molecule has 0 aliphatic rings. The molecule has 1 N–H and O–H groups in total. The second-order valence-corrected chi connectivity index (χ2v) is 5.10. The van der Waals surface area contributed by atoms with Gasteiger partial charge in [-0.05, 0) is 30.0 Å². The number of anilines is 1. The number of nitrogens with one attached hydrogen (secondary N) is 1. The number of rotatable bonds is 5. The average Bonchev–Trinajstić information content (AvgIpc) is 2.42. The molecule has 2 rings (SSSR count). The number of hydrogen-bond acceptors (Lipinski definition) is 4. The van der Waals surface area contributed by atoms with Gasteiger partial charge in [-0.1, -0.05) is 19.9 Å². The van der Waals surface area contributed by atoms with Crippen molar-refractivity contribution in [2.75, 3.05) is 11.9 Å². The van der Waals surface area contributed by atoms with E-state index < -0.39 is 0 Å². The maximum atomic E-state index is 4.27. The number of nitrogens with zero attached hydrogens (tertiary/aromatic N) is 3. The van der Waals surface area contributed by atoms with Crippen LogP contribution in [0.1, 0.15) is 30.9 Å². The average molecular weight is 256 g/mol. The van der Waals surface area contributed by atoms with Crippen LogP contribution in [0, 0.1) is 12.8 Å². The zero-order valence-corrected chi connectivity index (χ0v) is 11.7. The molecule has 2 aromatic rings. The molecule has 4 nitrogen and oxygen atoms in total. The molecule has 100 valence electrons. The van der Waals surface area contributed by atoms with Crippen LogP contribution in [-0.4, -0.2) is 21.5 Å². The van der Waals surface area contributed by atoms with E-state index in [1.807, 2.05) is 31.6 Å². The number of pyridine rings is 1. The number of aromatic nitrogens is 3. The van der Waals surface area contributed by atoms with Crippen molar-refractivity contribution in [2.45, 2.75) is 26.7 Å². The van der Waals surface area contributed by atoms with Gasteiger partial charge in [-0.2, -0.15) is 0 Å². The lowest BCUT2D eigenvalue weighted by atomic mass is 9.89. The van der Waals surface area contributed by atoms with E-state index in [2.05, 4.69) is 40.2 Å². The summed E-state index contributed by atoms with van der Waals surface area (Å²) in [5.41, 5.74) is 2.32. The van der Waals surface area contributed by atoms with Crippen molar-refractivity contribution >= 4 is 5.95 Å². The van der Waals surface area contributed by atoms with Gasteiger partial charge in [-0.25, -0.2) is 9.97 Å². The molecule has 0 radical (unpaired) electrons. The Balaban J connectivity index is 2.04.